The van der Waals surface area contributed by atoms with Gasteiger partial charge >= 0.3 is 0 Å². The van der Waals surface area contributed by atoms with Crippen LogP contribution in [0.2, 0.25) is 0 Å². The van der Waals surface area contributed by atoms with Gasteiger partial charge in [-0.15, -0.1) is 0 Å². The smallest absolute Gasteiger partial charge is 0.00949 e. The Hall–Kier alpha value is -1.04. The standard InChI is InChI=1S/C26H44/c1-22(2)12-9-13-23(3)14-10-15-24(4)16-11-17-25(5)20-21-26-18-7-6-8-19-26/h6-8,18-20,22-24H,9-17,21H2,1-5H3/b25-20-. The lowest BCUT2D eigenvalue weighted by Crippen LogP contribution is -2.00. The molecule has 2 atom stereocenters. The summed E-state index contributed by atoms with van der Waals surface area (Å²) >= 11 is 0. The van der Waals surface area contributed by atoms with Crippen molar-refractivity contribution in [3.8, 4) is 0 Å². The molecular formula is C26H44. The molecule has 0 fully saturated rings. The molecule has 0 spiro atoms. The van der Waals surface area contributed by atoms with E-state index in [9.17, 15) is 0 Å². The number of rotatable bonds is 14. The summed E-state index contributed by atoms with van der Waals surface area (Å²) in [6.45, 7) is 11.9. The molecule has 26 heavy (non-hydrogen) atoms. The summed E-state index contributed by atoms with van der Waals surface area (Å²) in [4.78, 5) is 0. The van der Waals surface area contributed by atoms with Crippen molar-refractivity contribution in [3.63, 3.8) is 0 Å². The molecule has 0 aliphatic carbocycles. The Labute approximate surface area is 164 Å². The zero-order chi connectivity index (χ0) is 19.2. The summed E-state index contributed by atoms with van der Waals surface area (Å²) in [5, 5.41) is 0. The van der Waals surface area contributed by atoms with Gasteiger partial charge in [-0.1, -0.05) is 115 Å². The minimum absolute atomic E-state index is 0.868. The van der Waals surface area contributed by atoms with Crippen molar-refractivity contribution < 1.29 is 0 Å². The molecule has 0 aliphatic rings. The Morgan fingerprint density at radius 1 is 0.769 bits per heavy atom. The molecular weight excluding hydrogens is 312 g/mol. The van der Waals surface area contributed by atoms with Crippen LogP contribution in [0.15, 0.2) is 42.0 Å². The molecule has 0 amide bonds. The molecule has 1 aromatic carbocycles. The third kappa shape index (κ3) is 12.3. The molecule has 1 aromatic rings. The van der Waals surface area contributed by atoms with Crippen LogP contribution in [0.1, 0.15) is 98.0 Å². The zero-order valence-electron chi connectivity index (χ0n) is 18.3. The molecule has 2 unspecified atom stereocenters. The largest absolute Gasteiger partial charge is 0.0812 e. The van der Waals surface area contributed by atoms with Gasteiger partial charge in [-0.3, -0.25) is 0 Å². The van der Waals surface area contributed by atoms with Crippen molar-refractivity contribution >= 4 is 0 Å². The molecule has 0 saturated heterocycles. The van der Waals surface area contributed by atoms with E-state index < -0.39 is 0 Å². The van der Waals surface area contributed by atoms with E-state index in [1.807, 2.05) is 0 Å². The predicted molar refractivity (Wildman–Crippen MR) is 119 cm³/mol. The van der Waals surface area contributed by atoms with Crippen LogP contribution < -0.4 is 0 Å². The minimum atomic E-state index is 0.868. The van der Waals surface area contributed by atoms with E-state index in [1.54, 1.807) is 5.57 Å². The lowest BCUT2D eigenvalue weighted by atomic mass is 9.91. The monoisotopic (exact) mass is 356 g/mol. The summed E-state index contributed by atoms with van der Waals surface area (Å²) in [6, 6.07) is 10.8. The van der Waals surface area contributed by atoms with Crippen molar-refractivity contribution in [2.24, 2.45) is 17.8 Å². The molecule has 0 nitrogen and oxygen atoms in total. The normalized spacial score (nSPS) is 14.6. The molecule has 0 saturated carbocycles. The van der Waals surface area contributed by atoms with Gasteiger partial charge in [0.05, 0.1) is 0 Å². The van der Waals surface area contributed by atoms with Crippen molar-refractivity contribution in [1.29, 1.82) is 0 Å². The lowest BCUT2D eigenvalue weighted by molar-refractivity contribution is 0.389. The van der Waals surface area contributed by atoms with E-state index in [1.165, 1.54) is 63.4 Å². The van der Waals surface area contributed by atoms with Gasteiger partial charge < -0.3 is 0 Å². The van der Waals surface area contributed by atoms with E-state index in [-0.39, 0.29) is 0 Å². The summed E-state index contributed by atoms with van der Waals surface area (Å²) < 4.78 is 0. The molecule has 0 N–H and O–H groups in total. The molecule has 0 radical (unpaired) electrons. The minimum Gasteiger partial charge on any atom is -0.0812 e. The number of allylic oxidation sites excluding steroid dienone is 2. The lowest BCUT2D eigenvalue weighted by Gasteiger charge is -2.15. The summed E-state index contributed by atoms with van der Waals surface area (Å²) in [5.74, 6) is 2.68. The SMILES string of the molecule is C/C(=C/Cc1ccccc1)CCCC(C)CCCC(C)CCCC(C)C. The number of hydrogen-bond acceptors (Lipinski definition) is 0. The third-order valence-electron chi connectivity index (χ3n) is 5.67. The van der Waals surface area contributed by atoms with E-state index in [2.05, 4.69) is 71.0 Å². The van der Waals surface area contributed by atoms with Gasteiger partial charge in [0, 0.05) is 0 Å². The van der Waals surface area contributed by atoms with Crippen LogP contribution in [-0.2, 0) is 6.42 Å². The first-order valence-electron chi connectivity index (χ1n) is 11.2. The maximum atomic E-state index is 2.45. The van der Waals surface area contributed by atoms with Gasteiger partial charge in [0.25, 0.3) is 0 Å². The van der Waals surface area contributed by atoms with E-state index in [0.29, 0.717) is 0 Å². The Balaban J connectivity index is 2.06. The van der Waals surface area contributed by atoms with Crippen molar-refractivity contribution in [2.45, 2.75) is 98.8 Å². The van der Waals surface area contributed by atoms with Crippen LogP contribution in [0.3, 0.4) is 0 Å². The fraction of sp³-hybridized carbons (Fsp3) is 0.692. The van der Waals surface area contributed by atoms with Gasteiger partial charge in [0.15, 0.2) is 0 Å². The average Bonchev–Trinajstić information content (AvgIpc) is 2.60. The molecule has 0 aromatic heterocycles. The van der Waals surface area contributed by atoms with Gasteiger partial charge in [0.2, 0.25) is 0 Å². The van der Waals surface area contributed by atoms with Crippen LogP contribution >= 0.6 is 0 Å². The fourth-order valence-corrected chi connectivity index (χ4v) is 3.72. The summed E-state index contributed by atoms with van der Waals surface area (Å²) in [5.41, 5.74) is 2.97. The quantitative estimate of drug-likeness (QED) is 0.293. The van der Waals surface area contributed by atoms with Gasteiger partial charge in [0.1, 0.15) is 0 Å². The van der Waals surface area contributed by atoms with Crippen LogP contribution in [0.4, 0.5) is 0 Å². The van der Waals surface area contributed by atoms with Gasteiger partial charge in [-0.2, -0.15) is 0 Å². The van der Waals surface area contributed by atoms with E-state index in [4.69, 9.17) is 0 Å². The molecule has 1 rings (SSSR count). The highest BCUT2D eigenvalue weighted by Crippen LogP contribution is 2.22. The predicted octanol–water partition coefficient (Wildman–Crippen LogP) is 8.61. The fourth-order valence-electron chi connectivity index (χ4n) is 3.72. The second-order valence-electron chi connectivity index (χ2n) is 9.10. The summed E-state index contributed by atoms with van der Waals surface area (Å²) in [7, 11) is 0. The van der Waals surface area contributed by atoms with E-state index >= 15 is 0 Å². The third-order valence-corrected chi connectivity index (χ3v) is 5.67. The van der Waals surface area contributed by atoms with Crippen LogP contribution in [0.25, 0.3) is 0 Å². The highest BCUT2D eigenvalue weighted by Gasteiger charge is 2.06. The number of hydrogen-bond donors (Lipinski definition) is 0. The number of benzene rings is 1. The molecule has 0 aliphatic heterocycles. The first-order valence-corrected chi connectivity index (χ1v) is 11.2. The highest BCUT2D eigenvalue weighted by atomic mass is 14.1. The Kier molecular flexibility index (Phi) is 12.4. The Bertz CT molecular complexity index is 468. The topological polar surface area (TPSA) is 0 Å². The van der Waals surface area contributed by atoms with Crippen LogP contribution in [0.5, 0.6) is 0 Å². The average molecular weight is 357 g/mol. The van der Waals surface area contributed by atoms with Crippen molar-refractivity contribution in [3.05, 3.63) is 47.5 Å². The summed E-state index contributed by atoms with van der Waals surface area (Å²) in [6.07, 6.45) is 16.0. The van der Waals surface area contributed by atoms with Crippen LogP contribution in [-0.4, -0.2) is 0 Å². The second-order valence-corrected chi connectivity index (χ2v) is 9.10. The molecule has 0 bridgehead atoms. The van der Waals surface area contributed by atoms with Gasteiger partial charge in [-0.05, 0) is 49.5 Å². The molecule has 148 valence electrons. The first kappa shape index (κ1) is 23.0. The van der Waals surface area contributed by atoms with Gasteiger partial charge in [-0.25, -0.2) is 0 Å². The van der Waals surface area contributed by atoms with E-state index in [0.717, 1.165) is 24.2 Å². The van der Waals surface area contributed by atoms with Crippen molar-refractivity contribution in [2.75, 3.05) is 0 Å². The Morgan fingerprint density at radius 3 is 1.88 bits per heavy atom. The Morgan fingerprint density at radius 2 is 1.31 bits per heavy atom. The maximum Gasteiger partial charge on any atom is -0.00949 e. The zero-order valence-corrected chi connectivity index (χ0v) is 18.3. The first-order chi connectivity index (χ1) is 12.5. The highest BCUT2D eigenvalue weighted by molar-refractivity contribution is 5.18. The second kappa shape index (κ2) is 14.1. The van der Waals surface area contributed by atoms with Crippen molar-refractivity contribution in [1.82, 2.24) is 0 Å². The molecule has 0 heteroatoms. The van der Waals surface area contributed by atoms with Crippen LogP contribution in [0, 0.1) is 17.8 Å². The maximum absolute atomic E-state index is 2.45. The molecule has 0 heterocycles.